The topological polar surface area (TPSA) is 49.3 Å². The molecule has 0 aliphatic carbocycles. The van der Waals surface area contributed by atoms with E-state index >= 15 is 0 Å². The van der Waals surface area contributed by atoms with Gasteiger partial charge in [-0.05, 0) is 19.2 Å². The molecule has 0 aromatic carbocycles. The number of nitrogens with one attached hydrogen (secondary N) is 1. The molecule has 1 fully saturated rings. The van der Waals surface area contributed by atoms with Crippen molar-refractivity contribution in [2.45, 2.75) is 18.8 Å². The van der Waals surface area contributed by atoms with Crippen LogP contribution < -0.4 is 5.32 Å². The van der Waals surface area contributed by atoms with Gasteiger partial charge in [0, 0.05) is 8.22 Å². The van der Waals surface area contributed by atoms with E-state index in [0.717, 1.165) is 0 Å². The SMILES string of the molecule is [2H]C1([2H])NC([2H])(C(=O)O)C([2H])([2H])C1([2H])[2H]. The summed E-state index contributed by atoms with van der Waals surface area (Å²) in [6.07, 6.45) is -6.30. The minimum atomic E-state index is -3.19. The second-order valence-electron chi connectivity index (χ2n) is 1.18. The Morgan fingerprint density at radius 2 is 2.88 bits per heavy atom. The quantitative estimate of drug-likeness (QED) is 0.507. The Balaban J connectivity index is 3.38. The first-order valence-corrected chi connectivity index (χ1v) is 1.93. The zero-order valence-corrected chi connectivity index (χ0v) is 3.86. The number of aliphatic carboxylic acids is 1. The molecule has 1 atom stereocenters. The largest absolute Gasteiger partial charge is 0.480 e. The van der Waals surface area contributed by atoms with Gasteiger partial charge in [-0.1, -0.05) is 0 Å². The molecule has 0 aromatic heterocycles. The molecule has 0 amide bonds. The average Bonchev–Trinajstić information content (AvgIpc) is 2.09. The third kappa shape index (κ3) is 0.980. The lowest BCUT2D eigenvalue weighted by molar-refractivity contribution is -0.139. The van der Waals surface area contributed by atoms with Gasteiger partial charge < -0.3 is 10.4 Å². The molecule has 46 valence electrons. The number of carboxylic acid groups (broad SMARTS) is 1. The van der Waals surface area contributed by atoms with E-state index in [1.165, 1.54) is 5.32 Å². The van der Waals surface area contributed by atoms with Crippen LogP contribution in [-0.2, 0) is 4.79 Å². The van der Waals surface area contributed by atoms with Gasteiger partial charge in [0.25, 0.3) is 0 Å². The molecule has 8 heavy (non-hydrogen) atoms. The van der Waals surface area contributed by atoms with E-state index in [4.69, 9.17) is 14.7 Å². The van der Waals surface area contributed by atoms with Crippen molar-refractivity contribution in [1.82, 2.24) is 5.32 Å². The summed E-state index contributed by atoms with van der Waals surface area (Å²) in [6, 6.07) is -3.04. The van der Waals surface area contributed by atoms with Gasteiger partial charge in [-0.15, -0.1) is 0 Å². The zero-order chi connectivity index (χ0) is 12.3. The molecule has 0 spiro atoms. The highest BCUT2D eigenvalue weighted by Crippen LogP contribution is 2.03. The van der Waals surface area contributed by atoms with Gasteiger partial charge >= 0.3 is 5.97 Å². The lowest BCUT2D eigenvalue weighted by Crippen LogP contribution is -2.29. The highest BCUT2D eigenvalue weighted by Gasteiger charge is 2.20. The first kappa shape index (κ1) is 1.48. The van der Waals surface area contributed by atoms with Crippen molar-refractivity contribution in [3.05, 3.63) is 0 Å². The van der Waals surface area contributed by atoms with Crippen molar-refractivity contribution < 1.29 is 19.5 Å². The van der Waals surface area contributed by atoms with Crippen LogP contribution in [0.2, 0.25) is 0 Å². The summed E-state index contributed by atoms with van der Waals surface area (Å²) in [5, 5.41) is 10.2. The summed E-state index contributed by atoms with van der Waals surface area (Å²) >= 11 is 0. The summed E-state index contributed by atoms with van der Waals surface area (Å²) < 4.78 is 50.5. The van der Waals surface area contributed by atoms with Gasteiger partial charge in [0.15, 0.2) is 0 Å². The second-order valence-corrected chi connectivity index (χ2v) is 1.18. The molecule has 0 bridgehead atoms. The predicted molar refractivity (Wildman–Crippen MR) is 28.7 cm³/mol. The highest BCUT2D eigenvalue weighted by molar-refractivity contribution is 5.73. The van der Waals surface area contributed by atoms with Crippen molar-refractivity contribution in [3.63, 3.8) is 0 Å². The minimum absolute atomic E-state index is 1.54. The molecule has 3 nitrogen and oxygen atoms in total. The lowest BCUT2D eigenvalue weighted by atomic mass is 10.2. The molecule has 1 rings (SSSR count). The van der Waals surface area contributed by atoms with Crippen LogP contribution in [0.1, 0.15) is 22.3 Å². The molecular weight excluding hydrogens is 106 g/mol. The number of rotatable bonds is 1. The van der Waals surface area contributed by atoms with Gasteiger partial charge in [-0.3, -0.25) is 4.79 Å². The minimum Gasteiger partial charge on any atom is -0.480 e. The fraction of sp³-hybridized carbons (Fsp3) is 0.800. The maximum absolute atomic E-state index is 10.7. The van der Waals surface area contributed by atoms with E-state index in [0.29, 0.717) is 0 Å². The number of hydrogen-bond donors (Lipinski definition) is 2. The molecule has 1 heterocycles. The summed E-state index contributed by atoms with van der Waals surface area (Å²) in [4.78, 5) is 10.7. The van der Waals surface area contributed by atoms with Crippen molar-refractivity contribution in [3.8, 4) is 0 Å². The van der Waals surface area contributed by atoms with Crippen LogP contribution in [0.4, 0.5) is 0 Å². The smallest absolute Gasteiger partial charge is 0.320 e. The van der Waals surface area contributed by atoms with Crippen LogP contribution in [0.3, 0.4) is 0 Å². The number of hydrogen-bond acceptors (Lipinski definition) is 2. The van der Waals surface area contributed by atoms with Crippen molar-refractivity contribution in [2.24, 2.45) is 0 Å². The normalized spacial score (nSPS) is 69.2. The van der Waals surface area contributed by atoms with E-state index < -0.39 is 31.2 Å². The number of carboxylic acids is 1. The van der Waals surface area contributed by atoms with Gasteiger partial charge in [-0.25, -0.2) is 0 Å². The van der Waals surface area contributed by atoms with Gasteiger partial charge in [0.05, 0.1) is 1.37 Å². The lowest BCUT2D eigenvalue weighted by Gasteiger charge is -1.99. The van der Waals surface area contributed by atoms with Crippen molar-refractivity contribution >= 4 is 5.97 Å². The average molecular weight is 122 g/mol. The maximum Gasteiger partial charge on any atom is 0.320 e. The molecular formula is C5H9NO2. The molecule has 0 aromatic rings. The first-order chi connectivity index (χ1) is 6.40. The van der Waals surface area contributed by atoms with Gasteiger partial charge in [-0.2, -0.15) is 0 Å². The molecule has 0 radical (unpaired) electrons. The van der Waals surface area contributed by atoms with E-state index in [-0.39, 0.29) is 0 Å². The maximum atomic E-state index is 10.7. The molecule has 1 aliphatic heterocycles. The van der Waals surface area contributed by atoms with Crippen LogP contribution >= 0.6 is 0 Å². The summed E-state index contributed by atoms with van der Waals surface area (Å²) in [7, 11) is 0. The van der Waals surface area contributed by atoms with E-state index in [1.807, 2.05) is 0 Å². The van der Waals surface area contributed by atoms with Crippen LogP contribution in [0.15, 0.2) is 0 Å². The second kappa shape index (κ2) is 2.13. The van der Waals surface area contributed by atoms with E-state index in [2.05, 4.69) is 0 Å². The monoisotopic (exact) mass is 122 g/mol. The fourth-order valence-corrected chi connectivity index (χ4v) is 0.326. The van der Waals surface area contributed by atoms with E-state index in [1.54, 1.807) is 0 Å². The standard InChI is InChI=1S/C5H9NO2/c7-5(8)4-2-1-3-6-4/h4,6H,1-3H2,(H,7,8)/i1D2,2D2,3D2,4D. The first-order valence-electron chi connectivity index (χ1n) is 5.43. The third-order valence-corrected chi connectivity index (χ3v) is 0.651. The van der Waals surface area contributed by atoms with Crippen LogP contribution in [-0.4, -0.2) is 23.6 Å². The van der Waals surface area contributed by atoms with Gasteiger partial charge in [0.1, 0.15) is 6.02 Å². The highest BCUT2D eigenvalue weighted by atomic mass is 16.4. The molecule has 1 saturated heterocycles. The van der Waals surface area contributed by atoms with Crippen molar-refractivity contribution in [2.75, 3.05) is 6.50 Å². The van der Waals surface area contributed by atoms with E-state index in [9.17, 15) is 4.79 Å². The Hall–Kier alpha value is -0.570. The van der Waals surface area contributed by atoms with Crippen molar-refractivity contribution in [1.29, 1.82) is 0 Å². The summed E-state index contributed by atoms with van der Waals surface area (Å²) in [5.74, 6) is -1.96. The Morgan fingerprint density at radius 1 is 2.12 bits per heavy atom. The molecule has 3 heteroatoms. The molecule has 1 unspecified atom stereocenters. The Bertz CT molecular complexity index is 317. The zero-order valence-electron chi connectivity index (χ0n) is 10.9. The fourth-order valence-electron chi connectivity index (χ4n) is 0.326. The van der Waals surface area contributed by atoms with Gasteiger partial charge in [0.2, 0.25) is 0 Å². The molecule has 0 saturated carbocycles. The third-order valence-electron chi connectivity index (χ3n) is 0.651. The van der Waals surface area contributed by atoms with Crippen LogP contribution in [0, 0.1) is 0 Å². The molecule has 1 aliphatic rings. The van der Waals surface area contributed by atoms with Crippen LogP contribution in [0.5, 0.6) is 0 Å². The van der Waals surface area contributed by atoms with Crippen LogP contribution in [0.25, 0.3) is 0 Å². The summed E-state index contributed by atoms with van der Waals surface area (Å²) in [6.45, 7) is -2.92. The Morgan fingerprint density at radius 3 is 3.12 bits per heavy atom. The molecule has 2 N–H and O–H groups in total. The number of carbonyl (C=O) groups is 1. The Labute approximate surface area is 57.5 Å². The predicted octanol–water partition coefficient (Wildman–Crippen LogP) is -0.177. The Kier molecular flexibility index (Phi) is 0.393. The summed E-state index contributed by atoms with van der Waals surface area (Å²) in [5.41, 5.74) is 0.